The number of carbonyl (C=O) groups excluding carboxylic acids is 1. The number of benzene rings is 1. The molecule has 0 aliphatic carbocycles. The van der Waals surface area contributed by atoms with Crippen molar-refractivity contribution in [2.75, 3.05) is 18.4 Å². The summed E-state index contributed by atoms with van der Waals surface area (Å²) in [5.41, 5.74) is 6.97. The minimum atomic E-state index is -3.54. The molecule has 1 saturated heterocycles. The molecule has 134 valence electrons. The van der Waals surface area contributed by atoms with Gasteiger partial charge in [-0.3, -0.25) is 4.79 Å². The number of hydrogen-bond acceptors (Lipinski definition) is 4. The van der Waals surface area contributed by atoms with Gasteiger partial charge in [-0.25, -0.2) is 8.42 Å². The fraction of sp³-hybridized carbons (Fsp3) is 0.588. The first-order chi connectivity index (χ1) is 11.2. The van der Waals surface area contributed by atoms with Crippen molar-refractivity contribution < 1.29 is 13.2 Å². The predicted octanol–water partition coefficient (Wildman–Crippen LogP) is 2.09. The summed E-state index contributed by atoms with van der Waals surface area (Å²) in [6, 6.07) is 4.32. The zero-order chi connectivity index (χ0) is 17.9. The van der Waals surface area contributed by atoms with Crippen LogP contribution in [0, 0.1) is 12.8 Å². The van der Waals surface area contributed by atoms with Gasteiger partial charge >= 0.3 is 0 Å². The van der Waals surface area contributed by atoms with E-state index in [0.717, 1.165) is 19.3 Å². The number of piperidine rings is 1. The topological polar surface area (TPSA) is 92.5 Å². The summed E-state index contributed by atoms with van der Waals surface area (Å²) >= 11 is 0. The van der Waals surface area contributed by atoms with E-state index in [4.69, 9.17) is 5.73 Å². The summed E-state index contributed by atoms with van der Waals surface area (Å²) in [6.07, 6.45) is 2.84. The van der Waals surface area contributed by atoms with Gasteiger partial charge in [0.1, 0.15) is 0 Å². The van der Waals surface area contributed by atoms with Crippen LogP contribution in [0.1, 0.15) is 38.7 Å². The number of aryl methyl sites for hydroxylation is 1. The Balaban J connectivity index is 2.27. The van der Waals surface area contributed by atoms with Crippen molar-refractivity contribution in [2.24, 2.45) is 11.7 Å². The van der Waals surface area contributed by atoms with Crippen LogP contribution in [0.2, 0.25) is 0 Å². The maximum Gasteiger partial charge on any atom is 0.243 e. The molecular weight excluding hydrogens is 326 g/mol. The maximum absolute atomic E-state index is 12.9. The summed E-state index contributed by atoms with van der Waals surface area (Å²) in [5.74, 6) is -0.304. The van der Waals surface area contributed by atoms with E-state index in [9.17, 15) is 13.2 Å². The quantitative estimate of drug-likeness (QED) is 0.848. The molecule has 1 amide bonds. The molecule has 1 fully saturated rings. The van der Waals surface area contributed by atoms with Gasteiger partial charge in [-0.1, -0.05) is 26.3 Å². The highest BCUT2D eigenvalue weighted by Crippen LogP contribution is 2.26. The monoisotopic (exact) mass is 353 g/mol. The highest BCUT2D eigenvalue weighted by atomic mass is 32.2. The normalized spacial score (nSPS) is 17.7. The molecule has 7 heteroatoms. The van der Waals surface area contributed by atoms with Crippen LogP contribution in [0.5, 0.6) is 0 Å². The molecule has 0 aromatic heterocycles. The van der Waals surface area contributed by atoms with Crippen LogP contribution in [0.15, 0.2) is 23.1 Å². The van der Waals surface area contributed by atoms with Gasteiger partial charge in [0.05, 0.1) is 10.9 Å². The van der Waals surface area contributed by atoms with Crippen molar-refractivity contribution in [1.82, 2.24) is 4.31 Å². The number of amides is 1. The number of nitrogens with zero attached hydrogens (tertiary/aromatic N) is 1. The van der Waals surface area contributed by atoms with E-state index in [1.54, 1.807) is 19.1 Å². The first kappa shape index (κ1) is 18.9. The number of carbonyl (C=O) groups is 1. The summed E-state index contributed by atoms with van der Waals surface area (Å²) < 4.78 is 27.3. The average molecular weight is 353 g/mol. The molecule has 1 aliphatic heterocycles. The first-order valence-electron chi connectivity index (χ1n) is 8.40. The van der Waals surface area contributed by atoms with E-state index in [0.29, 0.717) is 24.3 Å². The van der Waals surface area contributed by atoms with E-state index in [1.165, 1.54) is 10.4 Å². The molecule has 1 aromatic carbocycles. The van der Waals surface area contributed by atoms with Gasteiger partial charge in [-0.2, -0.15) is 4.31 Å². The molecule has 1 aliphatic rings. The van der Waals surface area contributed by atoms with Crippen molar-refractivity contribution >= 4 is 21.6 Å². The standard InChI is InChI=1S/C17H27N3O3S/c1-12(2)16(18)17(21)19-14-8-7-13(3)15(11-14)24(22,23)20-9-5-4-6-10-20/h7-8,11-12,16H,4-6,9-10,18H2,1-3H3,(H,19,21). The summed E-state index contributed by atoms with van der Waals surface area (Å²) in [5, 5.41) is 2.72. The van der Waals surface area contributed by atoms with E-state index >= 15 is 0 Å². The minimum Gasteiger partial charge on any atom is -0.325 e. The average Bonchev–Trinajstić information content (AvgIpc) is 2.56. The third kappa shape index (κ3) is 4.15. The Labute approximate surface area is 144 Å². The van der Waals surface area contributed by atoms with Gasteiger partial charge in [0.2, 0.25) is 15.9 Å². The van der Waals surface area contributed by atoms with Crippen molar-refractivity contribution in [1.29, 1.82) is 0 Å². The molecule has 1 heterocycles. The Morgan fingerprint density at radius 2 is 1.83 bits per heavy atom. The lowest BCUT2D eigenvalue weighted by molar-refractivity contribution is -0.118. The maximum atomic E-state index is 12.9. The second-order valence-corrected chi connectivity index (χ2v) is 8.61. The number of rotatable bonds is 5. The van der Waals surface area contributed by atoms with Crippen LogP contribution in [0.25, 0.3) is 0 Å². The SMILES string of the molecule is Cc1ccc(NC(=O)C(N)C(C)C)cc1S(=O)(=O)N1CCCCC1. The first-order valence-corrected chi connectivity index (χ1v) is 9.84. The lowest BCUT2D eigenvalue weighted by Gasteiger charge is -2.26. The van der Waals surface area contributed by atoms with Gasteiger partial charge in [0.25, 0.3) is 0 Å². The van der Waals surface area contributed by atoms with Gasteiger partial charge in [-0.05, 0) is 43.4 Å². The molecule has 6 nitrogen and oxygen atoms in total. The van der Waals surface area contributed by atoms with Crippen molar-refractivity contribution in [3.63, 3.8) is 0 Å². The van der Waals surface area contributed by atoms with E-state index < -0.39 is 16.1 Å². The Hall–Kier alpha value is -1.44. The van der Waals surface area contributed by atoms with Crippen LogP contribution in [-0.2, 0) is 14.8 Å². The number of sulfonamides is 1. The summed E-state index contributed by atoms with van der Waals surface area (Å²) in [7, 11) is -3.54. The second-order valence-electron chi connectivity index (χ2n) is 6.70. The largest absolute Gasteiger partial charge is 0.325 e. The predicted molar refractivity (Wildman–Crippen MR) is 95.2 cm³/mol. The van der Waals surface area contributed by atoms with Crippen molar-refractivity contribution in [2.45, 2.75) is 51.0 Å². The molecule has 0 bridgehead atoms. The Bertz CT molecular complexity index is 695. The van der Waals surface area contributed by atoms with E-state index in [-0.39, 0.29) is 16.7 Å². The lowest BCUT2D eigenvalue weighted by atomic mass is 10.0. The van der Waals surface area contributed by atoms with Gasteiger partial charge in [0, 0.05) is 18.8 Å². The van der Waals surface area contributed by atoms with Gasteiger partial charge in [-0.15, -0.1) is 0 Å². The lowest BCUT2D eigenvalue weighted by Crippen LogP contribution is -2.39. The summed E-state index contributed by atoms with van der Waals surface area (Å²) in [4.78, 5) is 12.4. The van der Waals surface area contributed by atoms with E-state index in [2.05, 4.69) is 5.32 Å². The zero-order valence-electron chi connectivity index (χ0n) is 14.6. The minimum absolute atomic E-state index is 0.00648. The Morgan fingerprint density at radius 1 is 1.21 bits per heavy atom. The number of nitrogens with one attached hydrogen (secondary N) is 1. The van der Waals surface area contributed by atoms with Gasteiger partial charge in [0.15, 0.2) is 0 Å². The third-order valence-corrected chi connectivity index (χ3v) is 6.45. The molecule has 0 radical (unpaired) electrons. The number of nitrogens with two attached hydrogens (primary N) is 1. The zero-order valence-corrected chi connectivity index (χ0v) is 15.4. The Morgan fingerprint density at radius 3 is 2.42 bits per heavy atom. The van der Waals surface area contributed by atoms with Crippen LogP contribution in [0.4, 0.5) is 5.69 Å². The second kappa shape index (κ2) is 7.63. The molecule has 0 saturated carbocycles. The van der Waals surface area contributed by atoms with Crippen LogP contribution >= 0.6 is 0 Å². The highest BCUT2D eigenvalue weighted by Gasteiger charge is 2.28. The van der Waals surface area contributed by atoms with Crippen molar-refractivity contribution in [3.8, 4) is 0 Å². The number of hydrogen-bond donors (Lipinski definition) is 2. The number of anilines is 1. The molecule has 1 aromatic rings. The highest BCUT2D eigenvalue weighted by molar-refractivity contribution is 7.89. The van der Waals surface area contributed by atoms with Crippen molar-refractivity contribution in [3.05, 3.63) is 23.8 Å². The molecule has 1 unspecified atom stereocenters. The van der Waals surface area contributed by atoms with Crippen LogP contribution in [0.3, 0.4) is 0 Å². The fourth-order valence-corrected chi connectivity index (χ4v) is 4.50. The molecule has 2 rings (SSSR count). The molecule has 3 N–H and O–H groups in total. The van der Waals surface area contributed by atoms with E-state index in [1.807, 2.05) is 13.8 Å². The van der Waals surface area contributed by atoms with Crippen LogP contribution < -0.4 is 11.1 Å². The Kier molecular flexibility index (Phi) is 6.01. The smallest absolute Gasteiger partial charge is 0.243 e. The van der Waals surface area contributed by atoms with Crippen LogP contribution in [-0.4, -0.2) is 37.8 Å². The fourth-order valence-electron chi connectivity index (χ4n) is 2.73. The van der Waals surface area contributed by atoms with Gasteiger partial charge < -0.3 is 11.1 Å². The summed E-state index contributed by atoms with van der Waals surface area (Å²) in [6.45, 7) is 6.60. The molecule has 0 spiro atoms. The molecular formula is C17H27N3O3S. The third-order valence-electron chi connectivity index (χ3n) is 4.41. The molecule has 1 atom stereocenters. The molecule has 24 heavy (non-hydrogen) atoms.